The molecule has 0 heteroatoms. The molecular weight excluding hydrogens is 300 g/mol. The van der Waals surface area contributed by atoms with Gasteiger partial charge in [-0.05, 0) is 31.1 Å². The van der Waals surface area contributed by atoms with Crippen LogP contribution < -0.4 is 0 Å². The van der Waals surface area contributed by atoms with Crippen LogP contribution in [0.1, 0.15) is 137 Å². The SMILES string of the molecule is CCCCC=CCCCCCCCCCC(CCCCCC)C(C)C. The lowest BCUT2D eigenvalue weighted by atomic mass is 9.85. The fraction of sp³-hybridized carbons (Fsp3) is 0.920. The van der Waals surface area contributed by atoms with Gasteiger partial charge >= 0.3 is 0 Å². The van der Waals surface area contributed by atoms with Crippen LogP contribution in [-0.4, -0.2) is 0 Å². The van der Waals surface area contributed by atoms with E-state index in [1.807, 2.05) is 0 Å². The third-order valence-electron chi connectivity index (χ3n) is 5.71. The highest BCUT2D eigenvalue weighted by molar-refractivity contribution is 4.81. The Morgan fingerprint density at radius 2 is 0.960 bits per heavy atom. The first-order chi connectivity index (χ1) is 12.2. The van der Waals surface area contributed by atoms with Gasteiger partial charge in [-0.15, -0.1) is 0 Å². The molecule has 0 nitrogen and oxygen atoms in total. The lowest BCUT2D eigenvalue weighted by Crippen LogP contribution is -2.08. The molecule has 0 aliphatic rings. The molecule has 0 saturated carbocycles. The minimum atomic E-state index is 0.881. The van der Waals surface area contributed by atoms with Gasteiger partial charge in [0, 0.05) is 0 Å². The summed E-state index contributed by atoms with van der Waals surface area (Å²) < 4.78 is 0. The van der Waals surface area contributed by atoms with E-state index in [9.17, 15) is 0 Å². The van der Waals surface area contributed by atoms with Crippen molar-refractivity contribution >= 4 is 0 Å². The minimum absolute atomic E-state index is 0.881. The number of hydrogen-bond acceptors (Lipinski definition) is 0. The molecule has 0 radical (unpaired) electrons. The first-order valence-electron chi connectivity index (χ1n) is 11.9. The van der Waals surface area contributed by atoms with E-state index in [0.717, 1.165) is 11.8 Å². The largest absolute Gasteiger partial charge is 0.0885 e. The summed E-state index contributed by atoms with van der Waals surface area (Å²) in [5.74, 6) is 1.86. The summed E-state index contributed by atoms with van der Waals surface area (Å²) in [6, 6.07) is 0. The van der Waals surface area contributed by atoms with Crippen LogP contribution in [0.25, 0.3) is 0 Å². The van der Waals surface area contributed by atoms with Crippen LogP contribution in [0.4, 0.5) is 0 Å². The zero-order valence-corrected chi connectivity index (χ0v) is 18.3. The van der Waals surface area contributed by atoms with Crippen LogP contribution in [0.15, 0.2) is 12.2 Å². The summed E-state index contributed by atoms with van der Waals surface area (Å²) in [5.41, 5.74) is 0. The summed E-state index contributed by atoms with van der Waals surface area (Å²) in [7, 11) is 0. The standard InChI is InChI=1S/C25H50/c1-5-7-9-11-12-13-14-15-16-17-18-19-21-23-25(24(3)4)22-20-10-8-6-2/h11-12,24-25H,5-10,13-23H2,1-4H3. The molecule has 1 atom stereocenters. The van der Waals surface area contributed by atoms with Gasteiger partial charge in [-0.2, -0.15) is 0 Å². The maximum atomic E-state index is 2.43. The Morgan fingerprint density at radius 1 is 0.520 bits per heavy atom. The Balaban J connectivity index is 3.40. The molecule has 150 valence electrons. The highest BCUT2D eigenvalue weighted by Crippen LogP contribution is 2.25. The van der Waals surface area contributed by atoms with Gasteiger partial charge in [0.2, 0.25) is 0 Å². The van der Waals surface area contributed by atoms with Crippen LogP contribution in [0.2, 0.25) is 0 Å². The molecule has 0 heterocycles. The first-order valence-corrected chi connectivity index (χ1v) is 11.9. The van der Waals surface area contributed by atoms with E-state index in [-0.39, 0.29) is 0 Å². The van der Waals surface area contributed by atoms with Gasteiger partial charge in [-0.3, -0.25) is 0 Å². The maximum absolute atomic E-state index is 2.43. The van der Waals surface area contributed by atoms with Crippen LogP contribution in [-0.2, 0) is 0 Å². The zero-order valence-electron chi connectivity index (χ0n) is 18.3. The van der Waals surface area contributed by atoms with Crippen LogP contribution in [0.3, 0.4) is 0 Å². The fourth-order valence-corrected chi connectivity index (χ4v) is 3.75. The maximum Gasteiger partial charge on any atom is -0.0351 e. The third kappa shape index (κ3) is 18.3. The molecule has 1 unspecified atom stereocenters. The normalized spacial score (nSPS) is 13.2. The second-order valence-corrected chi connectivity index (χ2v) is 8.52. The smallest absolute Gasteiger partial charge is 0.0351 e. The number of unbranched alkanes of at least 4 members (excludes halogenated alkanes) is 12. The van der Waals surface area contributed by atoms with Gasteiger partial charge in [-0.1, -0.05) is 130 Å². The van der Waals surface area contributed by atoms with Crippen LogP contribution in [0, 0.1) is 11.8 Å². The molecular formula is C25H50. The van der Waals surface area contributed by atoms with Crippen molar-refractivity contribution in [3.05, 3.63) is 12.2 Å². The van der Waals surface area contributed by atoms with Gasteiger partial charge in [0.1, 0.15) is 0 Å². The quantitative estimate of drug-likeness (QED) is 0.161. The van der Waals surface area contributed by atoms with Gasteiger partial charge in [-0.25, -0.2) is 0 Å². The van der Waals surface area contributed by atoms with Crippen molar-refractivity contribution < 1.29 is 0 Å². The lowest BCUT2D eigenvalue weighted by Gasteiger charge is -2.20. The number of hydrogen-bond donors (Lipinski definition) is 0. The molecule has 0 rings (SSSR count). The highest BCUT2D eigenvalue weighted by atomic mass is 14.2. The summed E-state index contributed by atoms with van der Waals surface area (Å²) in [5, 5.41) is 0. The predicted molar refractivity (Wildman–Crippen MR) is 117 cm³/mol. The van der Waals surface area contributed by atoms with E-state index >= 15 is 0 Å². The zero-order chi connectivity index (χ0) is 18.6. The highest BCUT2D eigenvalue weighted by Gasteiger charge is 2.12. The van der Waals surface area contributed by atoms with Gasteiger partial charge in [0.05, 0.1) is 0 Å². The van der Waals surface area contributed by atoms with Crippen LogP contribution >= 0.6 is 0 Å². The summed E-state index contributed by atoms with van der Waals surface area (Å²) in [4.78, 5) is 0. The lowest BCUT2D eigenvalue weighted by molar-refractivity contribution is 0.313. The van der Waals surface area contributed by atoms with Gasteiger partial charge in [0.15, 0.2) is 0 Å². The Bertz CT molecular complexity index is 263. The van der Waals surface area contributed by atoms with E-state index in [1.54, 1.807) is 0 Å². The van der Waals surface area contributed by atoms with Crippen molar-refractivity contribution in [2.45, 2.75) is 137 Å². The summed E-state index contributed by atoms with van der Waals surface area (Å²) in [6.45, 7) is 9.44. The van der Waals surface area contributed by atoms with E-state index in [0.29, 0.717) is 0 Å². The summed E-state index contributed by atoms with van der Waals surface area (Å²) >= 11 is 0. The Labute approximate surface area is 161 Å². The monoisotopic (exact) mass is 350 g/mol. The second kappa shape index (κ2) is 20.1. The molecule has 0 amide bonds. The van der Waals surface area contributed by atoms with Crippen molar-refractivity contribution in [1.29, 1.82) is 0 Å². The average Bonchev–Trinajstić information content (AvgIpc) is 2.60. The van der Waals surface area contributed by atoms with E-state index < -0.39 is 0 Å². The van der Waals surface area contributed by atoms with E-state index in [1.165, 1.54) is 109 Å². The molecule has 25 heavy (non-hydrogen) atoms. The molecule has 0 saturated heterocycles. The third-order valence-corrected chi connectivity index (χ3v) is 5.71. The predicted octanol–water partition coefficient (Wildman–Crippen LogP) is 9.49. The molecule has 0 spiro atoms. The van der Waals surface area contributed by atoms with Gasteiger partial charge < -0.3 is 0 Å². The van der Waals surface area contributed by atoms with Crippen molar-refractivity contribution in [1.82, 2.24) is 0 Å². The first kappa shape index (κ1) is 24.7. The average molecular weight is 351 g/mol. The minimum Gasteiger partial charge on any atom is -0.0885 e. The summed E-state index contributed by atoms with van der Waals surface area (Å²) in [6.07, 6.45) is 28.9. The number of allylic oxidation sites excluding steroid dienone is 2. The molecule has 0 aromatic rings. The fourth-order valence-electron chi connectivity index (χ4n) is 3.75. The van der Waals surface area contributed by atoms with Crippen molar-refractivity contribution in [2.24, 2.45) is 11.8 Å². The molecule has 0 aromatic heterocycles. The Kier molecular flexibility index (Phi) is 19.8. The molecule has 0 aliphatic carbocycles. The molecule has 0 fully saturated rings. The van der Waals surface area contributed by atoms with E-state index in [4.69, 9.17) is 0 Å². The molecule has 0 bridgehead atoms. The molecule has 0 N–H and O–H groups in total. The Morgan fingerprint density at radius 3 is 1.48 bits per heavy atom. The van der Waals surface area contributed by atoms with E-state index in [2.05, 4.69) is 39.8 Å². The van der Waals surface area contributed by atoms with Crippen molar-refractivity contribution in [2.75, 3.05) is 0 Å². The Hall–Kier alpha value is -0.260. The van der Waals surface area contributed by atoms with Crippen LogP contribution in [0.5, 0.6) is 0 Å². The van der Waals surface area contributed by atoms with Crippen molar-refractivity contribution in [3.8, 4) is 0 Å². The van der Waals surface area contributed by atoms with Crippen molar-refractivity contribution in [3.63, 3.8) is 0 Å². The second-order valence-electron chi connectivity index (χ2n) is 8.52. The number of rotatable bonds is 19. The topological polar surface area (TPSA) is 0 Å². The molecule has 0 aromatic carbocycles. The van der Waals surface area contributed by atoms with Gasteiger partial charge in [0.25, 0.3) is 0 Å². The molecule has 0 aliphatic heterocycles.